The highest BCUT2D eigenvalue weighted by atomic mass is 35.5. The van der Waals surface area contributed by atoms with Crippen molar-refractivity contribution in [1.82, 2.24) is 9.88 Å². The molecule has 1 amide bonds. The summed E-state index contributed by atoms with van der Waals surface area (Å²) < 4.78 is 0. The highest BCUT2D eigenvalue weighted by Gasteiger charge is 2.39. The molecular formula is C18H23ClN4OS. The fourth-order valence-corrected chi connectivity index (χ4v) is 4.00. The second-order valence-electron chi connectivity index (χ2n) is 6.86. The number of hydrogen-bond acceptors (Lipinski definition) is 4. The van der Waals surface area contributed by atoms with E-state index in [1.807, 2.05) is 24.8 Å². The van der Waals surface area contributed by atoms with Crippen molar-refractivity contribution in [3.63, 3.8) is 0 Å². The lowest BCUT2D eigenvalue weighted by Crippen LogP contribution is -2.58. The first-order chi connectivity index (χ1) is 11.8. The van der Waals surface area contributed by atoms with E-state index in [1.54, 1.807) is 18.6 Å². The molecule has 134 valence electrons. The lowest BCUT2D eigenvalue weighted by Gasteiger charge is -2.44. The number of halogens is 1. The molecule has 1 aliphatic rings. The molecule has 0 atom stereocenters. The second-order valence-corrected chi connectivity index (χ2v) is 7.48. The summed E-state index contributed by atoms with van der Waals surface area (Å²) >= 11 is 11.3. The van der Waals surface area contributed by atoms with Crippen LogP contribution in [0.5, 0.6) is 0 Å². The molecule has 0 N–H and O–H groups in total. The highest BCUT2D eigenvalue weighted by Crippen LogP contribution is 2.30. The predicted octanol–water partition coefficient (Wildman–Crippen LogP) is 3.94. The van der Waals surface area contributed by atoms with Gasteiger partial charge in [-0.1, -0.05) is 43.1 Å². The lowest BCUT2D eigenvalue weighted by molar-refractivity contribution is -0.127. The van der Waals surface area contributed by atoms with Crippen molar-refractivity contribution in [3.05, 3.63) is 23.0 Å². The first-order valence-electron chi connectivity index (χ1n) is 8.40. The van der Waals surface area contributed by atoms with E-state index in [2.05, 4.69) is 4.98 Å². The number of carbonyl (C=O) groups is 1. The number of carbonyl (C=O) groups excluding carboxylic acids is 1. The Labute approximate surface area is 159 Å². The average Bonchev–Trinajstić information content (AvgIpc) is 2.61. The van der Waals surface area contributed by atoms with Crippen molar-refractivity contribution in [1.29, 1.82) is 5.26 Å². The highest BCUT2D eigenvalue weighted by molar-refractivity contribution is 7.78. The van der Waals surface area contributed by atoms with E-state index in [4.69, 9.17) is 29.1 Å². The van der Waals surface area contributed by atoms with Crippen molar-refractivity contribution in [2.24, 2.45) is 0 Å². The van der Waals surface area contributed by atoms with Crippen LogP contribution < -0.4 is 4.90 Å². The molecule has 25 heavy (non-hydrogen) atoms. The summed E-state index contributed by atoms with van der Waals surface area (Å²) in [6.45, 7) is 3.78. The quantitative estimate of drug-likeness (QED) is 0.726. The van der Waals surface area contributed by atoms with E-state index in [9.17, 15) is 4.79 Å². The molecule has 0 unspecified atom stereocenters. The number of likely N-dealkylation sites (N-methyl/N-ethyl adjacent to an activating group) is 1. The van der Waals surface area contributed by atoms with Crippen LogP contribution in [-0.4, -0.2) is 39.9 Å². The largest absolute Gasteiger partial charge is 0.352 e. The molecule has 0 aromatic carbocycles. The molecule has 0 aliphatic heterocycles. The van der Waals surface area contributed by atoms with Crippen LogP contribution in [0.25, 0.3) is 0 Å². The Bertz CT molecular complexity index is 695. The third kappa shape index (κ3) is 4.10. The van der Waals surface area contributed by atoms with Crippen molar-refractivity contribution in [2.45, 2.75) is 57.5 Å². The molecule has 0 spiro atoms. The maximum Gasteiger partial charge on any atom is 0.252 e. The van der Waals surface area contributed by atoms with Crippen LogP contribution in [-0.2, 0) is 4.79 Å². The van der Waals surface area contributed by atoms with Crippen LogP contribution in [0.15, 0.2) is 12.3 Å². The van der Waals surface area contributed by atoms with Gasteiger partial charge in [-0.2, -0.15) is 5.26 Å². The van der Waals surface area contributed by atoms with Gasteiger partial charge in [-0.25, -0.2) is 4.98 Å². The Balaban J connectivity index is 2.25. The standard InChI is InChI=1S/C18H23ClN4OS/c1-18(2,23(12-25)13-7-5-4-6-8-13)17(24)22(3)14-9-15(19)16(10-20)21-11-14/h9,11-13H,4-8H2,1-3H3. The monoisotopic (exact) mass is 378 g/mol. The third-order valence-corrected chi connectivity index (χ3v) is 5.39. The number of nitrogens with zero attached hydrogens (tertiary/aromatic N) is 4. The summed E-state index contributed by atoms with van der Waals surface area (Å²) in [6, 6.07) is 3.80. The average molecular weight is 379 g/mol. The van der Waals surface area contributed by atoms with Gasteiger partial charge >= 0.3 is 0 Å². The zero-order chi connectivity index (χ0) is 18.6. The summed E-state index contributed by atoms with van der Waals surface area (Å²) in [6.07, 6.45) is 7.17. The van der Waals surface area contributed by atoms with Gasteiger partial charge in [-0.05, 0) is 32.8 Å². The topological polar surface area (TPSA) is 60.2 Å². The number of amides is 1. The maximum atomic E-state index is 13.2. The number of rotatable bonds is 5. The molecule has 0 radical (unpaired) electrons. The molecule has 1 aromatic rings. The van der Waals surface area contributed by atoms with Crippen LogP contribution >= 0.6 is 23.8 Å². The number of aromatic nitrogens is 1. The zero-order valence-electron chi connectivity index (χ0n) is 14.8. The van der Waals surface area contributed by atoms with Crippen molar-refractivity contribution in [2.75, 3.05) is 11.9 Å². The Morgan fingerprint density at radius 2 is 2.08 bits per heavy atom. The summed E-state index contributed by atoms with van der Waals surface area (Å²) in [7, 11) is 1.69. The molecule has 5 nitrogen and oxygen atoms in total. The van der Waals surface area contributed by atoms with Gasteiger partial charge in [-0.15, -0.1) is 0 Å². The molecule has 2 rings (SSSR count). The smallest absolute Gasteiger partial charge is 0.252 e. The minimum atomic E-state index is -0.779. The predicted molar refractivity (Wildman–Crippen MR) is 104 cm³/mol. The number of thiocarbonyl (C=S) groups is 1. The van der Waals surface area contributed by atoms with Gasteiger partial charge in [0.15, 0.2) is 5.69 Å². The minimum Gasteiger partial charge on any atom is -0.352 e. The number of nitriles is 1. The zero-order valence-corrected chi connectivity index (χ0v) is 16.4. The van der Waals surface area contributed by atoms with Gasteiger partial charge in [0.25, 0.3) is 5.91 Å². The molecule has 1 fully saturated rings. The van der Waals surface area contributed by atoms with Crippen LogP contribution in [0.2, 0.25) is 5.02 Å². The second kappa shape index (κ2) is 8.11. The van der Waals surface area contributed by atoms with E-state index < -0.39 is 5.54 Å². The number of pyridine rings is 1. The van der Waals surface area contributed by atoms with E-state index in [1.165, 1.54) is 30.4 Å². The molecule has 1 aromatic heterocycles. The Kier molecular flexibility index (Phi) is 6.36. The van der Waals surface area contributed by atoms with Crippen molar-refractivity contribution >= 4 is 40.9 Å². The fraction of sp³-hybridized carbons (Fsp3) is 0.556. The van der Waals surface area contributed by atoms with E-state index in [0.29, 0.717) is 11.7 Å². The van der Waals surface area contributed by atoms with Gasteiger partial charge in [-0.3, -0.25) is 4.79 Å². The number of hydrogen-bond donors (Lipinski definition) is 0. The molecule has 0 saturated heterocycles. The van der Waals surface area contributed by atoms with Crippen molar-refractivity contribution < 1.29 is 4.79 Å². The van der Waals surface area contributed by atoms with Gasteiger partial charge in [0, 0.05) is 13.1 Å². The molecular weight excluding hydrogens is 356 g/mol. The summed E-state index contributed by atoms with van der Waals surface area (Å²) in [5.41, 5.74) is 1.54. The van der Waals surface area contributed by atoms with Crippen LogP contribution in [0, 0.1) is 11.3 Å². The van der Waals surface area contributed by atoms with E-state index >= 15 is 0 Å². The van der Waals surface area contributed by atoms with Gasteiger partial charge in [0.1, 0.15) is 11.6 Å². The van der Waals surface area contributed by atoms with Gasteiger partial charge < -0.3 is 9.80 Å². The molecule has 1 aliphatic carbocycles. The third-order valence-electron chi connectivity index (χ3n) is 4.88. The summed E-state index contributed by atoms with van der Waals surface area (Å²) in [5.74, 6) is -0.0956. The lowest BCUT2D eigenvalue weighted by atomic mass is 9.90. The van der Waals surface area contributed by atoms with E-state index in [0.717, 1.165) is 12.8 Å². The Morgan fingerprint density at radius 3 is 2.60 bits per heavy atom. The fourth-order valence-electron chi connectivity index (χ4n) is 3.37. The molecule has 0 bridgehead atoms. The molecule has 7 heteroatoms. The normalized spacial score (nSPS) is 15.3. The minimum absolute atomic E-state index is 0.0956. The summed E-state index contributed by atoms with van der Waals surface area (Å²) in [4.78, 5) is 20.7. The van der Waals surface area contributed by atoms with Crippen LogP contribution in [0.3, 0.4) is 0 Å². The van der Waals surface area contributed by atoms with E-state index in [-0.39, 0.29) is 16.6 Å². The first kappa shape index (κ1) is 19.6. The van der Waals surface area contributed by atoms with Gasteiger partial charge in [0.2, 0.25) is 0 Å². The maximum absolute atomic E-state index is 13.2. The van der Waals surface area contributed by atoms with Gasteiger partial charge in [0.05, 0.1) is 22.4 Å². The SMILES string of the molecule is CN(C(=O)C(C)(C)N(C=S)C1CCCCC1)c1cnc(C#N)c(Cl)c1. The molecule has 1 saturated carbocycles. The Morgan fingerprint density at radius 1 is 1.44 bits per heavy atom. The summed E-state index contributed by atoms with van der Waals surface area (Å²) in [5, 5.41) is 9.17. The van der Waals surface area contributed by atoms with Crippen LogP contribution in [0.4, 0.5) is 5.69 Å². The van der Waals surface area contributed by atoms with Crippen LogP contribution in [0.1, 0.15) is 51.6 Å². The molecule has 1 heterocycles. The first-order valence-corrected chi connectivity index (χ1v) is 9.25. The number of anilines is 1. The van der Waals surface area contributed by atoms with Crippen molar-refractivity contribution in [3.8, 4) is 6.07 Å². The Hall–Kier alpha value is -1.71.